The van der Waals surface area contributed by atoms with Crippen molar-refractivity contribution < 1.29 is 4.79 Å². The lowest BCUT2D eigenvalue weighted by atomic mass is 9.55. The Hall–Kier alpha value is -0.700. The lowest BCUT2D eigenvalue weighted by molar-refractivity contribution is -0.116. The summed E-state index contributed by atoms with van der Waals surface area (Å²) in [5.74, 6) is 0.871. The molecule has 20 heavy (non-hydrogen) atoms. The lowest BCUT2D eigenvalue weighted by Crippen LogP contribution is -2.44. The second-order valence-corrected chi connectivity index (χ2v) is 8.76. The minimum atomic E-state index is 0.210. The van der Waals surface area contributed by atoms with Gasteiger partial charge in [-0.05, 0) is 42.9 Å². The molecule has 2 nitrogen and oxygen atoms in total. The third-order valence-corrected chi connectivity index (χ3v) is 6.20. The number of aromatic nitrogens is 1. The fourth-order valence-electron chi connectivity index (χ4n) is 3.77. The predicted octanol–water partition coefficient (Wildman–Crippen LogP) is 4.45. The topological polar surface area (TPSA) is 30.0 Å². The molecule has 0 spiro atoms. The largest absolute Gasteiger partial charge is 0.300 e. The van der Waals surface area contributed by atoms with Gasteiger partial charge in [-0.3, -0.25) is 4.79 Å². The molecule has 0 saturated carbocycles. The van der Waals surface area contributed by atoms with Gasteiger partial charge in [0.15, 0.2) is 0 Å². The minimum absolute atomic E-state index is 0.210. The average Bonchev–Trinajstić information content (AvgIpc) is 2.66. The van der Waals surface area contributed by atoms with Crippen LogP contribution in [0, 0.1) is 16.7 Å². The maximum Gasteiger partial charge on any atom is 0.136 e. The molecule has 1 aromatic heterocycles. The molecule has 0 saturated heterocycles. The fraction of sp³-hybridized carbons (Fsp3) is 0.765. The molecule has 1 atom stereocenters. The number of nitrogens with zero attached hydrogens (tertiary/aromatic N) is 1. The third-order valence-electron chi connectivity index (χ3n) is 5.11. The van der Waals surface area contributed by atoms with Crippen LogP contribution in [0.15, 0.2) is 0 Å². The molecule has 112 valence electrons. The first-order valence-corrected chi connectivity index (χ1v) is 8.44. The summed E-state index contributed by atoms with van der Waals surface area (Å²) in [5, 5.41) is 1.01. The Morgan fingerprint density at radius 1 is 1.40 bits per heavy atom. The zero-order valence-electron chi connectivity index (χ0n) is 13.7. The van der Waals surface area contributed by atoms with Crippen molar-refractivity contribution in [2.75, 3.05) is 0 Å². The first-order valence-electron chi connectivity index (χ1n) is 7.62. The number of thiazole rings is 1. The van der Waals surface area contributed by atoms with Gasteiger partial charge in [0.05, 0.1) is 12.1 Å². The van der Waals surface area contributed by atoms with Gasteiger partial charge in [0.25, 0.3) is 0 Å². The van der Waals surface area contributed by atoms with Gasteiger partial charge in [0, 0.05) is 4.88 Å². The highest BCUT2D eigenvalue weighted by Gasteiger charge is 2.47. The fourth-order valence-corrected chi connectivity index (χ4v) is 5.09. The molecule has 0 radical (unpaired) electrons. The van der Waals surface area contributed by atoms with Gasteiger partial charge in [-0.15, -0.1) is 11.3 Å². The summed E-state index contributed by atoms with van der Waals surface area (Å²) >= 11 is 1.77. The smallest absolute Gasteiger partial charge is 0.136 e. The van der Waals surface area contributed by atoms with Crippen LogP contribution >= 0.6 is 11.3 Å². The second-order valence-electron chi connectivity index (χ2n) is 7.59. The SMILES string of the molecule is CC(=O)Cc1nc2c(s1)CC(C(C)C)(C(C)(C)C)CC2. The van der Waals surface area contributed by atoms with Crippen LogP contribution in [0.25, 0.3) is 0 Å². The number of fused-ring (bicyclic) bond motifs is 1. The average molecular weight is 293 g/mol. The van der Waals surface area contributed by atoms with Crippen LogP contribution < -0.4 is 0 Å². The summed E-state index contributed by atoms with van der Waals surface area (Å²) < 4.78 is 0. The van der Waals surface area contributed by atoms with Crippen molar-refractivity contribution in [3.05, 3.63) is 15.6 Å². The van der Waals surface area contributed by atoms with Crippen molar-refractivity contribution in [2.45, 2.75) is 67.2 Å². The van der Waals surface area contributed by atoms with E-state index in [0.29, 0.717) is 23.2 Å². The van der Waals surface area contributed by atoms with Gasteiger partial charge in [-0.25, -0.2) is 4.98 Å². The Morgan fingerprint density at radius 3 is 2.55 bits per heavy atom. The number of Topliss-reactive ketones (excluding diaryl/α,β-unsaturated/α-hetero) is 1. The maximum atomic E-state index is 11.3. The van der Waals surface area contributed by atoms with Crippen molar-refractivity contribution >= 4 is 17.1 Å². The highest BCUT2D eigenvalue weighted by atomic mass is 32.1. The molecule has 0 bridgehead atoms. The zero-order valence-corrected chi connectivity index (χ0v) is 14.5. The molecule has 0 aromatic carbocycles. The molecule has 0 amide bonds. The number of hydrogen-bond acceptors (Lipinski definition) is 3. The molecule has 1 aromatic rings. The monoisotopic (exact) mass is 293 g/mol. The van der Waals surface area contributed by atoms with Crippen LogP contribution in [-0.2, 0) is 24.1 Å². The van der Waals surface area contributed by atoms with Crippen LogP contribution in [0.2, 0.25) is 0 Å². The molecule has 0 N–H and O–H groups in total. The van der Waals surface area contributed by atoms with Crippen molar-refractivity contribution in [2.24, 2.45) is 16.7 Å². The quantitative estimate of drug-likeness (QED) is 0.824. The Kier molecular flexibility index (Phi) is 4.12. The first kappa shape index (κ1) is 15.7. The van der Waals surface area contributed by atoms with Crippen molar-refractivity contribution in [3.8, 4) is 0 Å². The van der Waals surface area contributed by atoms with E-state index in [9.17, 15) is 4.79 Å². The molecule has 2 rings (SSSR count). The van der Waals surface area contributed by atoms with E-state index in [1.807, 2.05) is 0 Å². The van der Waals surface area contributed by atoms with Gasteiger partial charge in [-0.2, -0.15) is 0 Å². The van der Waals surface area contributed by atoms with E-state index < -0.39 is 0 Å². The number of carbonyl (C=O) groups is 1. The lowest BCUT2D eigenvalue weighted by Gasteiger charge is -2.50. The third kappa shape index (κ3) is 2.69. The van der Waals surface area contributed by atoms with Crippen molar-refractivity contribution in [1.29, 1.82) is 0 Å². The van der Waals surface area contributed by atoms with Crippen LogP contribution in [0.4, 0.5) is 0 Å². The molecule has 0 aliphatic heterocycles. The highest BCUT2D eigenvalue weighted by Crippen LogP contribution is 2.53. The van der Waals surface area contributed by atoms with Crippen LogP contribution in [0.5, 0.6) is 0 Å². The Labute approximate surface area is 127 Å². The summed E-state index contributed by atoms with van der Waals surface area (Å²) in [6.45, 7) is 13.5. The van der Waals surface area contributed by atoms with Crippen LogP contribution in [0.3, 0.4) is 0 Å². The van der Waals surface area contributed by atoms with Gasteiger partial charge >= 0.3 is 0 Å². The predicted molar refractivity (Wildman–Crippen MR) is 85.3 cm³/mol. The van der Waals surface area contributed by atoms with Gasteiger partial charge in [0.2, 0.25) is 0 Å². The summed E-state index contributed by atoms with van der Waals surface area (Å²) in [7, 11) is 0. The van der Waals surface area contributed by atoms with Gasteiger partial charge in [0.1, 0.15) is 10.8 Å². The molecule has 1 unspecified atom stereocenters. The normalized spacial score (nSPS) is 22.9. The molecule has 1 heterocycles. The molecule has 3 heteroatoms. The number of carbonyl (C=O) groups excluding carboxylic acids is 1. The number of hydrogen-bond donors (Lipinski definition) is 0. The standard InChI is InChI=1S/C17H27NOS/c1-11(2)17(16(4,5)6)8-7-13-14(10-17)20-15(18-13)9-12(3)19/h11H,7-10H2,1-6H3. The molecule has 1 aliphatic rings. The van der Waals surface area contributed by atoms with E-state index in [0.717, 1.165) is 17.8 Å². The summed E-state index contributed by atoms with van der Waals surface area (Å²) in [6.07, 6.45) is 3.91. The second kappa shape index (κ2) is 5.25. The molecular weight excluding hydrogens is 266 g/mol. The maximum absolute atomic E-state index is 11.3. The Morgan fingerprint density at radius 2 is 2.05 bits per heavy atom. The molecule has 1 aliphatic carbocycles. The molecule has 0 fully saturated rings. The molecular formula is C17H27NOS. The van der Waals surface area contributed by atoms with E-state index in [1.165, 1.54) is 17.0 Å². The highest BCUT2D eigenvalue weighted by molar-refractivity contribution is 7.11. The Balaban J connectivity index is 2.33. The van der Waals surface area contributed by atoms with E-state index >= 15 is 0 Å². The van der Waals surface area contributed by atoms with Gasteiger partial charge in [-0.1, -0.05) is 34.6 Å². The van der Waals surface area contributed by atoms with E-state index in [-0.39, 0.29) is 5.78 Å². The van der Waals surface area contributed by atoms with Crippen LogP contribution in [-0.4, -0.2) is 10.8 Å². The summed E-state index contributed by atoms with van der Waals surface area (Å²) in [5.41, 5.74) is 1.90. The minimum Gasteiger partial charge on any atom is -0.300 e. The number of aryl methyl sites for hydroxylation is 1. The zero-order chi connectivity index (χ0) is 15.1. The summed E-state index contributed by atoms with van der Waals surface area (Å²) in [4.78, 5) is 17.4. The van der Waals surface area contributed by atoms with E-state index in [4.69, 9.17) is 4.98 Å². The Bertz CT molecular complexity index is 510. The number of rotatable bonds is 3. The van der Waals surface area contributed by atoms with Gasteiger partial charge < -0.3 is 0 Å². The number of ketones is 1. The van der Waals surface area contributed by atoms with Crippen molar-refractivity contribution in [1.82, 2.24) is 4.98 Å². The van der Waals surface area contributed by atoms with Crippen molar-refractivity contribution in [3.63, 3.8) is 0 Å². The van der Waals surface area contributed by atoms with E-state index in [1.54, 1.807) is 18.3 Å². The van der Waals surface area contributed by atoms with E-state index in [2.05, 4.69) is 34.6 Å². The first-order chi connectivity index (χ1) is 9.15. The summed E-state index contributed by atoms with van der Waals surface area (Å²) in [6, 6.07) is 0. The van der Waals surface area contributed by atoms with Crippen LogP contribution in [0.1, 0.15) is 63.5 Å².